The molecule has 7 N–H and O–H groups in total. The fourth-order valence-corrected chi connectivity index (χ4v) is 5.20. The van der Waals surface area contributed by atoms with Gasteiger partial charge in [0.1, 0.15) is 22.8 Å². The summed E-state index contributed by atoms with van der Waals surface area (Å²) in [6.07, 6.45) is -1.64. The number of hydrogen-bond donors (Lipinski definition) is 6. The van der Waals surface area contributed by atoms with Gasteiger partial charge in [0.15, 0.2) is 11.4 Å². The lowest BCUT2D eigenvalue weighted by Gasteiger charge is -2.49. The minimum atomic E-state index is -2.71. The van der Waals surface area contributed by atoms with Gasteiger partial charge >= 0.3 is 0 Å². The van der Waals surface area contributed by atoms with Crippen molar-refractivity contribution in [3.63, 3.8) is 0 Å². The van der Waals surface area contributed by atoms with Gasteiger partial charge in [-0.3, -0.25) is 14.4 Å². The topological polar surface area (TPSA) is 178 Å². The number of aromatic hydroxyl groups is 1. The van der Waals surface area contributed by atoms with Crippen LogP contribution in [0.2, 0.25) is 5.02 Å². The SMILES string of the molecule is CC1C(=O)C(C(N)=O)=C(O)C2(O)C(=O)C3=C(O)c4c(O)ccc(Cl)c4C(O)C3CC12. The number of phenols is 1. The molecule has 3 aliphatic rings. The zero-order valence-corrected chi connectivity index (χ0v) is 16.3. The van der Waals surface area contributed by atoms with Gasteiger partial charge in [0.2, 0.25) is 5.78 Å². The summed E-state index contributed by atoms with van der Waals surface area (Å²) in [6, 6.07) is 2.48. The van der Waals surface area contributed by atoms with Crippen molar-refractivity contribution in [2.24, 2.45) is 23.5 Å². The molecule has 1 aromatic carbocycles. The van der Waals surface area contributed by atoms with E-state index in [4.69, 9.17) is 17.3 Å². The Kier molecular flexibility index (Phi) is 4.29. The first-order valence-corrected chi connectivity index (χ1v) is 9.50. The third kappa shape index (κ3) is 2.28. The Morgan fingerprint density at radius 2 is 1.87 bits per heavy atom. The minimum Gasteiger partial charge on any atom is -0.508 e. The normalized spacial score (nSPS) is 33.2. The van der Waals surface area contributed by atoms with Gasteiger partial charge in [-0.1, -0.05) is 18.5 Å². The molecule has 3 aliphatic carbocycles. The summed E-state index contributed by atoms with van der Waals surface area (Å²) in [4.78, 5) is 37.6. The van der Waals surface area contributed by atoms with Crippen LogP contribution in [0.3, 0.4) is 0 Å². The number of phenolic OH excluding ortho intramolecular Hbond substituents is 1. The Hall–Kier alpha value is -2.88. The smallest absolute Gasteiger partial charge is 0.255 e. The van der Waals surface area contributed by atoms with Gasteiger partial charge in [-0.15, -0.1) is 0 Å². The van der Waals surface area contributed by atoms with Gasteiger partial charge in [0.25, 0.3) is 5.91 Å². The summed E-state index contributed by atoms with van der Waals surface area (Å²) in [5, 5.41) is 53.7. The predicted octanol–water partition coefficient (Wildman–Crippen LogP) is 0.814. The lowest BCUT2D eigenvalue weighted by molar-refractivity contribution is -0.154. The molecule has 0 aromatic heterocycles. The Balaban J connectivity index is 2.01. The molecule has 10 heteroatoms. The van der Waals surface area contributed by atoms with Crippen molar-refractivity contribution in [3.8, 4) is 5.75 Å². The largest absolute Gasteiger partial charge is 0.508 e. The van der Waals surface area contributed by atoms with E-state index in [1.807, 2.05) is 0 Å². The molecule has 4 rings (SSSR count). The van der Waals surface area contributed by atoms with Crippen molar-refractivity contribution in [2.45, 2.75) is 25.0 Å². The van der Waals surface area contributed by atoms with Crippen LogP contribution in [-0.2, 0) is 14.4 Å². The van der Waals surface area contributed by atoms with E-state index in [-0.39, 0.29) is 22.6 Å². The van der Waals surface area contributed by atoms with E-state index in [2.05, 4.69) is 0 Å². The monoisotopic (exact) mass is 435 g/mol. The molecule has 0 aliphatic heterocycles. The van der Waals surface area contributed by atoms with Crippen LogP contribution in [0.15, 0.2) is 29.0 Å². The number of rotatable bonds is 1. The maximum atomic E-state index is 13.4. The zero-order chi connectivity index (χ0) is 22.3. The van der Waals surface area contributed by atoms with E-state index in [0.29, 0.717) is 0 Å². The molecule has 5 atom stereocenters. The molecule has 0 bridgehead atoms. The summed E-state index contributed by atoms with van der Waals surface area (Å²) in [5.41, 5.74) is 0.882. The first kappa shape index (κ1) is 20.4. The highest BCUT2D eigenvalue weighted by atomic mass is 35.5. The second-order valence-electron chi connectivity index (χ2n) is 7.85. The molecular weight excluding hydrogens is 418 g/mol. The maximum Gasteiger partial charge on any atom is 0.255 e. The number of Topliss-reactive ketones (excluding diaryl/α,β-unsaturated/α-hetero) is 2. The third-order valence-electron chi connectivity index (χ3n) is 6.45. The fourth-order valence-electron chi connectivity index (χ4n) is 4.94. The van der Waals surface area contributed by atoms with E-state index in [1.54, 1.807) is 0 Å². The Labute approximate surface area is 174 Å². The van der Waals surface area contributed by atoms with Crippen LogP contribution in [0, 0.1) is 17.8 Å². The van der Waals surface area contributed by atoms with Crippen LogP contribution < -0.4 is 5.73 Å². The zero-order valence-electron chi connectivity index (χ0n) is 15.6. The van der Waals surface area contributed by atoms with Crippen molar-refractivity contribution < 1.29 is 39.9 Å². The van der Waals surface area contributed by atoms with Crippen LogP contribution in [0.25, 0.3) is 5.76 Å². The number of aliphatic hydroxyl groups excluding tert-OH is 3. The van der Waals surface area contributed by atoms with E-state index >= 15 is 0 Å². The summed E-state index contributed by atoms with van der Waals surface area (Å²) >= 11 is 6.14. The number of carbonyl (C=O) groups excluding carboxylic acids is 3. The summed E-state index contributed by atoms with van der Waals surface area (Å²) in [5.74, 6) is -9.04. The number of ketones is 2. The van der Waals surface area contributed by atoms with E-state index in [9.17, 15) is 39.9 Å². The van der Waals surface area contributed by atoms with Gasteiger partial charge in [-0.2, -0.15) is 0 Å². The van der Waals surface area contributed by atoms with Crippen molar-refractivity contribution in [1.82, 2.24) is 0 Å². The molecule has 9 nitrogen and oxygen atoms in total. The molecule has 1 fully saturated rings. The number of benzene rings is 1. The van der Waals surface area contributed by atoms with Crippen LogP contribution in [0.1, 0.15) is 30.6 Å². The van der Waals surface area contributed by atoms with Crippen molar-refractivity contribution in [3.05, 3.63) is 45.2 Å². The van der Waals surface area contributed by atoms with Crippen LogP contribution in [-0.4, -0.2) is 48.6 Å². The minimum absolute atomic E-state index is 0.00790. The molecule has 1 aromatic rings. The number of primary amides is 1. The molecule has 0 heterocycles. The Morgan fingerprint density at radius 3 is 2.47 bits per heavy atom. The van der Waals surface area contributed by atoms with E-state index in [0.717, 1.165) is 0 Å². The lowest BCUT2D eigenvalue weighted by atomic mass is 9.56. The standard InChI is InChI=1S/C20H18ClNO8/c1-5-7-4-6-10(16(26)12-9(23)3-2-8(21)11(12)15(6)25)17(27)20(7,30)18(28)13(14(5)24)19(22)29/h2-3,5-7,15,23,25-26,28,30H,4H2,1H3,(H2,22,29). The van der Waals surface area contributed by atoms with Crippen molar-refractivity contribution >= 4 is 34.8 Å². The van der Waals surface area contributed by atoms with Crippen LogP contribution >= 0.6 is 11.6 Å². The molecule has 1 saturated carbocycles. The van der Waals surface area contributed by atoms with Crippen LogP contribution in [0.5, 0.6) is 5.75 Å². The first-order chi connectivity index (χ1) is 13.9. The number of amides is 1. The number of fused-ring (bicyclic) bond motifs is 3. The lowest BCUT2D eigenvalue weighted by Crippen LogP contribution is -2.61. The number of aliphatic hydroxyl groups is 4. The number of halogens is 1. The van der Waals surface area contributed by atoms with Crippen molar-refractivity contribution in [1.29, 1.82) is 0 Å². The average Bonchev–Trinajstić information content (AvgIpc) is 2.67. The molecule has 1 amide bonds. The molecular formula is C20H18ClNO8. The van der Waals surface area contributed by atoms with Crippen LogP contribution in [0.4, 0.5) is 0 Å². The maximum absolute atomic E-state index is 13.4. The molecule has 5 unspecified atom stereocenters. The van der Waals surface area contributed by atoms with Gasteiger partial charge in [-0.25, -0.2) is 0 Å². The second-order valence-corrected chi connectivity index (χ2v) is 8.25. The van der Waals surface area contributed by atoms with Crippen molar-refractivity contribution in [2.75, 3.05) is 0 Å². The van der Waals surface area contributed by atoms with Gasteiger partial charge < -0.3 is 31.3 Å². The Morgan fingerprint density at radius 1 is 1.23 bits per heavy atom. The molecule has 0 saturated heterocycles. The van der Waals surface area contributed by atoms with E-state index < -0.39 is 75.3 Å². The number of carbonyl (C=O) groups is 3. The molecule has 0 radical (unpaired) electrons. The summed E-state index contributed by atoms with van der Waals surface area (Å²) in [7, 11) is 0. The third-order valence-corrected chi connectivity index (χ3v) is 6.78. The molecule has 158 valence electrons. The number of nitrogens with two attached hydrogens (primary N) is 1. The fraction of sp³-hybridized carbons (Fsp3) is 0.350. The Bertz CT molecular complexity index is 1110. The van der Waals surface area contributed by atoms with Gasteiger partial charge in [0.05, 0.1) is 11.7 Å². The average molecular weight is 436 g/mol. The molecule has 30 heavy (non-hydrogen) atoms. The number of hydrogen-bond acceptors (Lipinski definition) is 8. The van der Waals surface area contributed by atoms with Gasteiger partial charge in [0, 0.05) is 33.9 Å². The highest BCUT2D eigenvalue weighted by Crippen LogP contribution is 2.56. The summed E-state index contributed by atoms with van der Waals surface area (Å²) < 4.78 is 0. The molecule has 0 spiro atoms. The van der Waals surface area contributed by atoms with Gasteiger partial charge in [-0.05, 0) is 18.6 Å². The quantitative estimate of drug-likeness (QED) is 0.351. The predicted molar refractivity (Wildman–Crippen MR) is 102 cm³/mol. The summed E-state index contributed by atoms with van der Waals surface area (Å²) in [6.45, 7) is 1.37. The first-order valence-electron chi connectivity index (χ1n) is 9.12. The van der Waals surface area contributed by atoms with E-state index in [1.165, 1.54) is 19.1 Å². The highest BCUT2D eigenvalue weighted by molar-refractivity contribution is 6.32. The highest BCUT2D eigenvalue weighted by Gasteiger charge is 2.63. The second kappa shape index (κ2) is 6.31.